The van der Waals surface area contributed by atoms with Gasteiger partial charge in [0.2, 0.25) is 0 Å². The van der Waals surface area contributed by atoms with Gasteiger partial charge in [-0.05, 0) is 25.0 Å². The molecule has 0 aliphatic heterocycles. The summed E-state index contributed by atoms with van der Waals surface area (Å²) in [5, 5.41) is 0. The highest BCUT2D eigenvalue weighted by Gasteiger charge is 2.08. The SMILES string of the molecule is C=C1CCC(=O)C=C1C. The second-order valence-corrected chi connectivity index (χ2v) is 2.40. The van der Waals surface area contributed by atoms with Crippen molar-refractivity contribution in [3.8, 4) is 0 Å². The van der Waals surface area contributed by atoms with Crippen molar-refractivity contribution >= 4 is 5.78 Å². The molecule has 0 bridgehead atoms. The highest BCUT2D eigenvalue weighted by Crippen LogP contribution is 2.18. The predicted molar refractivity (Wildman–Crippen MR) is 37.1 cm³/mol. The number of carbonyl (C=O) groups is 1. The summed E-state index contributed by atoms with van der Waals surface area (Å²) in [5.74, 6) is 0.236. The minimum atomic E-state index is 0.236. The van der Waals surface area contributed by atoms with Gasteiger partial charge < -0.3 is 0 Å². The number of hydrogen-bond acceptors (Lipinski definition) is 1. The van der Waals surface area contributed by atoms with Gasteiger partial charge in [-0.15, -0.1) is 0 Å². The maximum atomic E-state index is 10.7. The van der Waals surface area contributed by atoms with Crippen LogP contribution in [0.1, 0.15) is 19.8 Å². The Kier molecular flexibility index (Phi) is 1.52. The molecule has 1 aliphatic rings. The Morgan fingerprint density at radius 3 is 2.67 bits per heavy atom. The fourth-order valence-corrected chi connectivity index (χ4v) is 0.887. The van der Waals surface area contributed by atoms with Crippen LogP contribution < -0.4 is 0 Å². The molecule has 0 N–H and O–H groups in total. The molecule has 0 aromatic carbocycles. The van der Waals surface area contributed by atoms with Crippen molar-refractivity contribution in [2.45, 2.75) is 19.8 Å². The maximum absolute atomic E-state index is 10.7. The molecule has 0 radical (unpaired) electrons. The smallest absolute Gasteiger partial charge is 0.156 e. The van der Waals surface area contributed by atoms with E-state index in [4.69, 9.17) is 0 Å². The first-order chi connectivity index (χ1) is 4.20. The number of carbonyl (C=O) groups excluding carboxylic acids is 1. The Hall–Kier alpha value is -0.850. The molecule has 9 heavy (non-hydrogen) atoms. The van der Waals surface area contributed by atoms with Crippen LogP contribution in [-0.4, -0.2) is 5.78 Å². The standard InChI is InChI=1S/C8H10O/c1-6-3-4-8(9)5-7(6)2/h5H,1,3-4H2,2H3. The molecule has 0 aromatic heterocycles. The predicted octanol–water partition coefficient (Wildman–Crippen LogP) is 1.85. The van der Waals surface area contributed by atoms with E-state index in [1.54, 1.807) is 6.08 Å². The average Bonchev–Trinajstić information content (AvgIpc) is 1.80. The van der Waals surface area contributed by atoms with Crippen molar-refractivity contribution in [1.29, 1.82) is 0 Å². The molecule has 1 heteroatoms. The summed E-state index contributed by atoms with van der Waals surface area (Å²) >= 11 is 0. The topological polar surface area (TPSA) is 17.1 Å². The van der Waals surface area contributed by atoms with Crippen molar-refractivity contribution in [3.05, 3.63) is 23.8 Å². The zero-order valence-electron chi connectivity index (χ0n) is 5.61. The van der Waals surface area contributed by atoms with Gasteiger partial charge >= 0.3 is 0 Å². The molecule has 0 fully saturated rings. The zero-order chi connectivity index (χ0) is 6.85. The van der Waals surface area contributed by atoms with Gasteiger partial charge in [-0.1, -0.05) is 12.2 Å². The first kappa shape index (κ1) is 6.27. The number of allylic oxidation sites excluding steroid dienone is 3. The van der Waals surface area contributed by atoms with E-state index in [-0.39, 0.29) is 5.78 Å². The highest BCUT2D eigenvalue weighted by atomic mass is 16.1. The maximum Gasteiger partial charge on any atom is 0.156 e. The zero-order valence-corrected chi connectivity index (χ0v) is 5.61. The lowest BCUT2D eigenvalue weighted by atomic mass is 9.96. The Morgan fingerprint density at radius 1 is 1.56 bits per heavy atom. The third-order valence-corrected chi connectivity index (χ3v) is 1.61. The van der Waals surface area contributed by atoms with Crippen LogP contribution in [0.3, 0.4) is 0 Å². The Balaban J connectivity index is 2.84. The van der Waals surface area contributed by atoms with Crippen molar-refractivity contribution in [2.75, 3.05) is 0 Å². The van der Waals surface area contributed by atoms with Crippen molar-refractivity contribution < 1.29 is 4.79 Å². The molecule has 0 saturated carbocycles. The van der Waals surface area contributed by atoms with Gasteiger partial charge in [-0.3, -0.25) is 4.79 Å². The second kappa shape index (κ2) is 2.18. The Bertz CT molecular complexity index is 187. The molecule has 0 unspecified atom stereocenters. The van der Waals surface area contributed by atoms with Crippen LogP contribution in [0.2, 0.25) is 0 Å². The molecule has 1 nitrogen and oxygen atoms in total. The van der Waals surface area contributed by atoms with Crippen LogP contribution in [0.15, 0.2) is 23.8 Å². The van der Waals surface area contributed by atoms with Crippen LogP contribution in [-0.2, 0) is 4.79 Å². The fraction of sp³-hybridized carbons (Fsp3) is 0.375. The largest absolute Gasteiger partial charge is 0.295 e. The first-order valence-electron chi connectivity index (χ1n) is 3.09. The van der Waals surface area contributed by atoms with Crippen LogP contribution in [0, 0.1) is 0 Å². The summed E-state index contributed by atoms with van der Waals surface area (Å²) in [6.45, 7) is 5.74. The first-order valence-corrected chi connectivity index (χ1v) is 3.09. The normalized spacial score (nSPS) is 19.9. The molecule has 48 valence electrons. The van der Waals surface area contributed by atoms with Crippen LogP contribution >= 0.6 is 0 Å². The summed E-state index contributed by atoms with van der Waals surface area (Å²) in [6.07, 6.45) is 3.17. The van der Waals surface area contributed by atoms with Crippen molar-refractivity contribution in [3.63, 3.8) is 0 Å². The molecule has 0 spiro atoms. The van der Waals surface area contributed by atoms with Gasteiger partial charge in [0, 0.05) is 6.42 Å². The molecule has 0 amide bonds. The van der Waals surface area contributed by atoms with E-state index in [1.807, 2.05) is 6.92 Å². The fourth-order valence-electron chi connectivity index (χ4n) is 0.887. The van der Waals surface area contributed by atoms with Crippen LogP contribution in [0.5, 0.6) is 0 Å². The van der Waals surface area contributed by atoms with E-state index in [9.17, 15) is 4.79 Å². The quantitative estimate of drug-likeness (QED) is 0.479. The lowest BCUT2D eigenvalue weighted by Crippen LogP contribution is -2.02. The van der Waals surface area contributed by atoms with E-state index in [1.165, 1.54) is 0 Å². The molecule has 0 aromatic rings. The third-order valence-electron chi connectivity index (χ3n) is 1.61. The molecule has 1 aliphatic carbocycles. The van der Waals surface area contributed by atoms with Crippen LogP contribution in [0.4, 0.5) is 0 Å². The molecule has 1 rings (SSSR count). The van der Waals surface area contributed by atoms with Crippen molar-refractivity contribution in [2.24, 2.45) is 0 Å². The average molecular weight is 122 g/mol. The minimum absolute atomic E-state index is 0.236. The number of ketones is 1. The monoisotopic (exact) mass is 122 g/mol. The minimum Gasteiger partial charge on any atom is -0.295 e. The second-order valence-electron chi connectivity index (χ2n) is 2.40. The third kappa shape index (κ3) is 1.28. The lowest BCUT2D eigenvalue weighted by Gasteiger charge is -2.09. The van der Waals surface area contributed by atoms with E-state index in [0.29, 0.717) is 6.42 Å². The lowest BCUT2D eigenvalue weighted by molar-refractivity contribution is -0.114. The number of hydrogen-bond donors (Lipinski definition) is 0. The molecule has 0 saturated heterocycles. The highest BCUT2D eigenvalue weighted by molar-refractivity contribution is 5.92. The molecule has 0 heterocycles. The Morgan fingerprint density at radius 2 is 2.22 bits per heavy atom. The Labute approximate surface area is 55.1 Å². The summed E-state index contributed by atoms with van der Waals surface area (Å²) < 4.78 is 0. The molecule has 0 atom stereocenters. The van der Waals surface area contributed by atoms with E-state index in [0.717, 1.165) is 17.6 Å². The van der Waals surface area contributed by atoms with Gasteiger partial charge in [0.25, 0.3) is 0 Å². The molecular formula is C8H10O. The summed E-state index contributed by atoms with van der Waals surface area (Å²) in [4.78, 5) is 10.7. The van der Waals surface area contributed by atoms with E-state index in [2.05, 4.69) is 6.58 Å². The van der Waals surface area contributed by atoms with Gasteiger partial charge in [0.15, 0.2) is 5.78 Å². The molecular weight excluding hydrogens is 112 g/mol. The van der Waals surface area contributed by atoms with Gasteiger partial charge in [0.1, 0.15) is 0 Å². The summed E-state index contributed by atoms with van der Waals surface area (Å²) in [5.41, 5.74) is 2.15. The summed E-state index contributed by atoms with van der Waals surface area (Å²) in [6, 6.07) is 0. The van der Waals surface area contributed by atoms with Gasteiger partial charge in [-0.25, -0.2) is 0 Å². The van der Waals surface area contributed by atoms with Crippen LogP contribution in [0.25, 0.3) is 0 Å². The van der Waals surface area contributed by atoms with Gasteiger partial charge in [-0.2, -0.15) is 0 Å². The number of rotatable bonds is 0. The van der Waals surface area contributed by atoms with E-state index >= 15 is 0 Å². The van der Waals surface area contributed by atoms with Crippen molar-refractivity contribution in [1.82, 2.24) is 0 Å². The van der Waals surface area contributed by atoms with E-state index < -0.39 is 0 Å². The van der Waals surface area contributed by atoms with Gasteiger partial charge in [0.05, 0.1) is 0 Å². The summed E-state index contributed by atoms with van der Waals surface area (Å²) in [7, 11) is 0.